The van der Waals surface area contributed by atoms with Gasteiger partial charge in [0.25, 0.3) is 0 Å². The molecule has 6 nitrogen and oxygen atoms in total. The zero-order valence-electron chi connectivity index (χ0n) is 15.7. The monoisotopic (exact) mass is 383 g/mol. The quantitative estimate of drug-likeness (QED) is 0.611. The van der Waals surface area contributed by atoms with E-state index in [0.717, 1.165) is 25.1 Å². The number of benzene rings is 2. The summed E-state index contributed by atoms with van der Waals surface area (Å²) in [6.45, 7) is 1.74. The number of hydrogen-bond acceptors (Lipinski definition) is 6. The molecule has 1 saturated heterocycles. The lowest BCUT2D eigenvalue weighted by atomic mass is 10.0. The summed E-state index contributed by atoms with van der Waals surface area (Å²) in [6, 6.07) is 14.3. The Kier molecular flexibility index (Phi) is 5.53. The number of nitrogens with zero attached hydrogens (tertiary/aromatic N) is 3. The van der Waals surface area contributed by atoms with E-state index in [4.69, 9.17) is 14.0 Å². The summed E-state index contributed by atoms with van der Waals surface area (Å²) in [7, 11) is 1.68. The summed E-state index contributed by atoms with van der Waals surface area (Å²) in [6.07, 6.45) is 2.21. The van der Waals surface area contributed by atoms with Gasteiger partial charge in [0.2, 0.25) is 11.7 Å². The van der Waals surface area contributed by atoms with Gasteiger partial charge in [-0.25, -0.2) is 4.39 Å². The van der Waals surface area contributed by atoms with Gasteiger partial charge in [-0.15, -0.1) is 0 Å². The third-order valence-corrected chi connectivity index (χ3v) is 4.87. The molecule has 0 bridgehead atoms. The Balaban J connectivity index is 1.38. The Labute approximate surface area is 162 Å². The van der Waals surface area contributed by atoms with E-state index in [1.54, 1.807) is 19.2 Å². The lowest BCUT2D eigenvalue weighted by Gasteiger charge is -2.23. The van der Waals surface area contributed by atoms with Crippen molar-refractivity contribution in [2.24, 2.45) is 0 Å². The van der Waals surface area contributed by atoms with Crippen molar-refractivity contribution < 1.29 is 18.4 Å². The third-order valence-electron chi connectivity index (χ3n) is 4.87. The van der Waals surface area contributed by atoms with E-state index in [1.807, 2.05) is 12.1 Å². The first-order valence-corrected chi connectivity index (χ1v) is 9.29. The molecular weight excluding hydrogens is 361 g/mol. The minimum Gasteiger partial charge on any atom is -0.497 e. The molecule has 1 fully saturated rings. The zero-order valence-corrected chi connectivity index (χ0v) is 15.7. The maximum Gasteiger partial charge on any atom is 0.240 e. The predicted molar refractivity (Wildman–Crippen MR) is 100 cm³/mol. The summed E-state index contributed by atoms with van der Waals surface area (Å²) in [5, 5.41) is 3.98. The van der Waals surface area contributed by atoms with E-state index in [0.29, 0.717) is 30.1 Å². The number of rotatable bonds is 7. The molecule has 28 heavy (non-hydrogen) atoms. The highest BCUT2D eigenvalue weighted by Crippen LogP contribution is 2.34. The molecule has 1 atom stereocenters. The second-order valence-corrected chi connectivity index (χ2v) is 6.75. The molecule has 3 aromatic rings. The molecular formula is C21H22FN3O3. The SMILES string of the molecule is COc1cccc([C@@H]2CCCN2Cc2nc(COc3ccc(F)cc3)no2)c1. The smallest absolute Gasteiger partial charge is 0.240 e. The highest BCUT2D eigenvalue weighted by atomic mass is 19.1. The van der Waals surface area contributed by atoms with Crippen molar-refractivity contribution in [1.29, 1.82) is 0 Å². The molecule has 0 saturated carbocycles. The first-order valence-electron chi connectivity index (χ1n) is 9.29. The summed E-state index contributed by atoms with van der Waals surface area (Å²) in [5.41, 5.74) is 1.23. The average molecular weight is 383 g/mol. The van der Waals surface area contributed by atoms with Crippen LogP contribution in [-0.4, -0.2) is 28.7 Å². The molecule has 2 aromatic carbocycles. The van der Waals surface area contributed by atoms with Crippen molar-refractivity contribution >= 4 is 0 Å². The average Bonchev–Trinajstić information content (AvgIpc) is 3.37. The first-order chi connectivity index (χ1) is 13.7. The molecule has 1 aliphatic rings. The second kappa shape index (κ2) is 8.39. The van der Waals surface area contributed by atoms with Gasteiger partial charge in [-0.2, -0.15) is 4.98 Å². The van der Waals surface area contributed by atoms with E-state index in [2.05, 4.69) is 27.2 Å². The number of likely N-dealkylation sites (tertiary alicyclic amines) is 1. The van der Waals surface area contributed by atoms with Crippen LogP contribution < -0.4 is 9.47 Å². The van der Waals surface area contributed by atoms with E-state index in [-0.39, 0.29) is 12.4 Å². The van der Waals surface area contributed by atoms with Crippen LogP contribution in [0.15, 0.2) is 53.1 Å². The molecule has 0 unspecified atom stereocenters. The van der Waals surface area contributed by atoms with Gasteiger partial charge in [0, 0.05) is 6.04 Å². The molecule has 1 aromatic heterocycles. The van der Waals surface area contributed by atoms with Crippen LogP contribution >= 0.6 is 0 Å². The van der Waals surface area contributed by atoms with Gasteiger partial charge in [-0.3, -0.25) is 4.90 Å². The lowest BCUT2D eigenvalue weighted by molar-refractivity contribution is 0.211. The Bertz CT molecular complexity index is 913. The normalized spacial score (nSPS) is 17.0. The van der Waals surface area contributed by atoms with Gasteiger partial charge in [-0.1, -0.05) is 17.3 Å². The number of ether oxygens (including phenoxy) is 2. The second-order valence-electron chi connectivity index (χ2n) is 6.75. The molecule has 2 heterocycles. The molecule has 0 radical (unpaired) electrons. The molecule has 146 valence electrons. The summed E-state index contributed by atoms with van der Waals surface area (Å²) < 4.78 is 29.2. The largest absolute Gasteiger partial charge is 0.497 e. The fourth-order valence-corrected chi connectivity index (χ4v) is 3.51. The van der Waals surface area contributed by atoms with Crippen molar-refractivity contribution in [3.63, 3.8) is 0 Å². The lowest BCUT2D eigenvalue weighted by Crippen LogP contribution is -2.23. The van der Waals surface area contributed by atoms with Crippen LogP contribution in [-0.2, 0) is 13.2 Å². The number of halogens is 1. The fourth-order valence-electron chi connectivity index (χ4n) is 3.51. The van der Waals surface area contributed by atoms with E-state index >= 15 is 0 Å². The van der Waals surface area contributed by atoms with Crippen molar-refractivity contribution in [3.8, 4) is 11.5 Å². The number of aromatic nitrogens is 2. The van der Waals surface area contributed by atoms with E-state index in [1.165, 1.54) is 17.7 Å². The number of methoxy groups -OCH3 is 1. The Morgan fingerprint density at radius 2 is 2.04 bits per heavy atom. The maximum atomic E-state index is 12.9. The van der Waals surface area contributed by atoms with Crippen LogP contribution in [0.25, 0.3) is 0 Å². The molecule has 0 aliphatic carbocycles. The maximum absolute atomic E-state index is 12.9. The van der Waals surface area contributed by atoms with Gasteiger partial charge in [0.15, 0.2) is 6.61 Å². The molecule has 1 aliphatic heterocycles. The third kappa shape index (κ3) is 4.31. The summed E-state index contributed by atoms with van der Waals surface area (Å²) in [4.78, 5) is 6.77. The minimum absolute atomic E-state index is 0.175. The Morgan fingerprint density at radius 1 is 1.18 bits per heavy atom. The van der Waals surface area contributed by atoms with Crippen LogP contribution in [0.4, 0.5) is 4.39 Å². The molecule has 0 spiro atoms. The highest BCUT2D eigenvalue weighted by molar-refractivity contribution is 5.31. The highest BCUT2D eigenvalue weighted by Gasteiger charge is 2.27. The van der Waals surface area contributed by atoms with Gasteiger partial charge in [-0.05, 0) is 61.3 Å². The topological polar surface area (TPSA) is 60.6 Å². The van der Waals surface area contributed by atoms with Crippen molar-refractivity contribution in [2.45, 2.75) is 32.0 Å². The summed E-state index contributed by atoms with van der Waals surface area (Å²) >= 11 is 0. The van der Waals surface area contributed by atoms with Crippen LogP contribution in [0.2, 0.25) is 0 Å². The molecule has 7 heteroatoms. The fraction of sp³-hybridized carbons (Fsp3) is 0.333. The molecule has 4 rings (SSSR count). The van der Waals surface area contributed by atoms with Crippen molar-refractivity contribution in [1.82, 2.24) is 15.0 Å². The Morgan fingerprint density at radius 3 is 2.86 bits per heavy atom. The van der Waals surface area contributed by atoms with Gasteiger partial charge < -0.3 is 14.0 Å². The van der Waals surface area contributed by atoms with Crippen LogP contribution in [0, 0.1) is 5.82 Å². The minimum atomic E-state index is -0.301. The Hall–Kier alpha value is -2.93. The van der Waals surface area contributed by atoms with Gasteiger partial charge >= 0.3 is 0 Å². The van der Waals surface area contributed by atoms with Gasteiger partial charge in [0.05, 0.1) is 13.7 Å². The van der Waals surface area contributed by atoms with Gasteiger partial charge in [0.1, 0.15) is 17.3 Å². The van der Waals surface area contributed by atoms with E-state index < -0.39 is 0 Å². The first kappa shape index (κ1) is 18.4. The van der Waals surface area contributed by atoms with Crippen molar-refractivity contribution in [3.05, 3.63) is 71.6 Å². The predicted octanol–water partition coefficient (Wildman–Crippen LogP) is 4.13. The number of hydrogen-bond donors (Lipinski definition) is 0. The van der Waals surface area contributed by atoms with Crippen LogP contribution in [0.1, 0.15) is 36.2 Å². The summed E-state index contributed by atoms with van der Waals surface area (Å²) in [5.74, 6) is 2.15. The van der Waals surface area contributed by atoms with Crippen LogP contribution in [0.3, 0.4) is 0 Å². The molecule has 0 amide bonds. The van der Waals surface area contributed by atoms with E-state index in [9.17, 15) is 4.39 Å². The van der Waals surface area contributed by atoms with Crippen molar-refractivity contribution in [2.75, 3.05) is 13.7 Å². The standard InChI is InChI=1S/C21H22FN3O3/c1-26-18-5-2-4-15(12-18)19-6-3-11-25(19)13-21-23-20(24-28-21)14-27-17-9-7-16(22)8-10-17/h2,4-5,7-10,12,19H,3,6,11,13-14H2,1H3/t19-/m0/s1. The molecule has 0 N–H and O–H groups in total. The zero-order chi connectivity index (χ0) is 19.3. The van der Waals surface area contributed by atoms with Crippen LogP contribution in [0.5, 0.6) is 11.5 Å².